The smallest absolute Gasteiger partial charge is 0.441 e. The summed E-state index contributed by atoms with van der Waals surface area (Å²) in [6.07, 6.45) is -0.876. The number of hydrogen-bond donors (Lipinski definition) is 1. The Kier molecular flexibility index (Phi) is 8.20. The molecule has 0 atom stereocenters. The van der Waals surface area contributed by atoms with Crippen molar-refractivity contribution >= 4 is 39.8 Å². The molecule has 4 rings (SSSR count). The lowest BCUT2D eigenvalue weighted by Gasteiger charge is -2.20. The highest BCUT2D eigenvalue weighted by Gasteiger charge is 2.46. The summed E-state index contributed by atoms with van der Waals surface area (Å²) in [5.74, 6) is 0.245. The van der Waals surface area contributed by atoms with Gasteiger partial charge in [0.15, 0.2) is 17.3 Å². The number of carbonyl (C=O) groups is 1. The highest BCUT2D eigenvalue weighted by Crippen LogP contribution is 2.36. The number of nitrogens with zero attached hydrogens (tertiary/aromatic N) is 3. The van der Waals surface area contributed by atoms with Crippen molar-refractivity contribution in [3.8, 4) is 17.2 Å². The number of nitrogens with one attached hydrogen (secondary N) is 1. The van der Waals surface area contributed by atoms with Gasteiger partial charge in [-0.2, -0.15) is 28.3 Å². The maximum absolute atomic E-state index is 13.0. The molecular weight excluding hydrogens is 521 g/mol. The third-order valence-electron chi connectivity index (χ3n) is 5.21. The van der Waals surface area contributed by atoms with Gasteiger partial charge in [0.05, 0.1) is 12.2 Å². The molecule has 0 aliphatic carbocycles. The fourth-order valence-corrected chi connectivity index (χ4v) is 4.31. The summed E-state index contributed by atoms with van der Waals surface area (Å²) in [6.45, 7) is 6.40. The van der Waals surface area contributed by atoms with Crippen LogP contribution in [-0.2, 0) is 11.2 Å². The van der Waals surface area contributed by atoms with Crippen LogP contribution < -0.4 is 14.2 Å². The Bertz CT molecular complexity index is 1350. The molecule has 12 heteroatoms. The van der Waals surface area contributed by atoms with Crippen LogP contribution in [0.3, 0.4) is 0 Å². The van der Waals surface area contributed by atoms with Crippen LogP contribution in [0.1, 0.15) is 18.1 Å². The zero-order valence-electron chi connectivity index (χ0n) is 20.2. The number of carbonyl (C=O) groups excluding carboxylic acids is 1. The fourth-order valence-electron chi connectivity index (χ4n) is 3.55. The Labute approximate surface area is 221 Å². The van der Waals surface area contributed by atoms with Gasteiger partial charge in [-0.15, -0.1) is 6.58 Å². The second-order valence-corrected chi connectivity index (χ2v) is 8.82. The summed E-state index contributed by atoms with van der Waals surface area (Å²) in [6, 6.07) is 12.5. The first kappa shape index (κ1) is 27.0. The SMILES string of the molecule is C=CCc1ccccc1OCCOc1ccc(/C=C2/C(=N)N3N=C(C(F)(F)F)SC3=NC2=O)cc1OCC. The minimum absolute atomic E-state index is 0.200. The Morgan fingerprint density at radius 1 is 1.08 bits per heavy atom. The molecule has 2 heterocycles. The predicted molar refractivity (Wildman–Crippen MR) is 140 cm³/mol. The lowest BCUT2D eigenvalue weighted by atomic mass is 10.1. The average Bonchev–Trinajstić information content (AvgIpc) is 3.32. The van der Waals surface area contributed by atoms with Gasteiger partial charge < -0.3 is 14.2 Å². The van der Waals surface area contributed by atoms with E-state index >= 15 is 0 Å². The van der Waals surface area contributed by atoms with Gasteiger partial charge in [0.2, 0.25) is 10.2 Å². The maximum Gasteiger partial charge on any atom is 0.441 e. The second-order valence-electron chi connectivity index (χ2n) is 7.86. The molecule has 0 unspecified atom stereocenters. The number of fused-ring (bicyclic) bond motifs is 1. The number of hydrazone groups is 1. The van der Waals surface area contributed by atoms with E-state index in [1.807, 2.05) is 24.3 Å². The molecule has 2 aromatic rings. The number of thioether (sulfide) groups is 1. The molecular formula is C26H23F3N4O4S. The van der Waals surface area contributed by atoms with E-state index in [0.29, 0.717) is 35.1 Å². The van der Waals surface area contributed by atoms with Crippen LogP contribution in [0.5, 0.6) is 17.2 Å². The van der Waals surface area contributed by atoms with Crippen molar-refractivity contribution in [2.75, 3.05) is 19.8 Å². The molecule has 0 radical (unpaired) electrons. The number of aliphatic imine (C=N–C) groups is 1. The monoisotopic (exact) mass is 544 g/mol. The third kappa shape index (κ3) is 6.08. The summed E-state index contributed by atoms with van der Waals surface area (Å²) in [5, 5.41) is 10.9. The summed E-state index contributed by atoms with van der Waals surface area (Å²) in [7, 11) is 0. The molecule has 0 spiro atoms. The predicted octanol–water partition coefficient (Wildman–Crippen LogP) is 5.45. The molecule has 38 heavy (non-hydrogen) atoms. The van der Waals surface area contributed by atoms with E-state index in [2.05, 4.69) is 16.7 Å². The number of amides is 1. The van der Waals surface area contributed by atoms with Crippen LogP contribution in [0.2, 0.25) is 0 Å². The van der Waals surface area contributed by atoms with Gasteiger partial charge in [-0.25, -0.2) is 0 Å². The topological polar surface area (TPSA) is 96.6 Å². The molecule has 8 nitrogen and oxygen atoms in total. The Hall–Kier alpha value is -4.06. The van der Waals surface area contributed by atoms with Crippen molar-refractivity contribution in [1.82, 2.24) is 5.01 Å². The van der Waals surface area contributed by atoms with Gasteiger partial charge in [0, 0.05) is 0 Å². The van der Waals surface area contributed by atoms with Gasteiger partial charge in [0.25, 0.3) is 5.91 Å². The van der Waals surface area contributed by atoms with E-state index in [-0.39, 0.29) is 35.7 Å². The molecule has 0 bridgehead atoms. The highest BCUT2D eigenvalue weighted by molar-refractivity contribution is 8.27. The summed E-state index contributed by atoms with van der Waals surface area (Å²) >= 11 is 0.200. The Balaban J connectivity index is 1.47. The molecule has 2 aliphatic heterocycles. The van der Waals surface area contributed by atoms with Crippen molar-refractivity contribution < 1.29 is 32.2 Å². The molecule has 1 N–H and O–H groups in total. The number of para-hydroxylation sites is 1. The van der Waals surface area contributed by atoms with Crippen LogP contribution in [0.4, 0.5) is 13.2 Å². The van der Waals surface area contributed by atoms with Gasteiger partial charge in [-0.1, -0.05) is 30.3 Å². The maximum atomic E-state index is 13.0. The first-order chi connectivity index (χ1) is 18.2. The standard InChI is InChI=1S/C26H23F3N4O4S/c1-3-7-17-8-5-6-9-19(17)36-12-13-37-20-11-10-16(15-21(20)35-4-2)14-18-22(30)33-25(31-23(18)34)38-24(32-33)26(27,28)29/h3,5-6,8-11,14-15,30H,1,4,7,12-13H2,2H3/b18-14-,30-22?. The molecule has 0 fully saturated rings. The van der Waals surface area contributed by atoms with E-state index < -0.39 is 23.0 Å². The van der Waals surface area contributed by atoms with E-state index in [1.165, 1.54) is 6.08 Å². The van der Waals surface area contributed by atoms with Crippen LogP contribution in [0, 0.1) is 5.41 Å². The minimum atomic E-state index is -4.71. The highest BCUT2D eigenvalue weighted by atomic mass is 32.2. The van der Waals surface area contributed by atoms with Gasteiger partial charge in [0.1, 0.15) is 19.0 Å². The van der Waals surface area contributed by atoms with Crippen LogP contribution in [-0.4, -0.2) is 53.0 Å². The van der Waals surface area contributed by atoms with E-state index in [0.717, 1.165) is 11.3 Å². The number of halogens is 3. The largest absolute Gasteiger partial charge is 0.490 e. The number of rotatable bonds is 10. The number of amidine groups is 2. The molecule has 2 aromatic carbocycles. The van der Waals surface area contributed by atoms with Gasteiger partial charge in [-0.05, 0) is 60.5 Å². The fraction of sp³-hybridized carbons (Fsp3) is 0.231. The minimum Gasteiger partial charge on any atom is -0.490 e. The molecule has 1 amide bonds. The van der Waals surface area contributed by atoms with Gasteiger partial charge >= 0.3 is 6.18 Å². The zero-order chi connectivity index (χ0) is 27.3. The molecule has 2 aliphatic rings. The number of ether oxygens (including phenoxy) is 3. The summed E-state index contributed by atoms with van der Waals surface area (Å²) in [4.78, 5) is 16.2. The van der Waals surface area contributed by atoms with E-state index in [4.69, 9.17) is 19.6 Å². The quantitative estimate of drug-likeness (QED) is 0.243. The number of hydrogen-bond acceptors (Lipinski definition) is 7. The molecule has 0 saturated carbocycles. The third-order valence-corrected chi connectivity index (χ3v) is 6.16. The van der Waals surface area contributed by atoms with Crippen molar-refractivity contribution in [1.29, 1.82) is 5.41 Å². The average molecular weight is 545 g/mol. The molecule has 198 valence electrons. The van der Waals surface area contributed by atoms with E-state index in [1.54, 1.807) is 31.2 Å². The number of allylic oxidation sites excluding steroid dienone is 1. The summed E-state index contributed by atoms with van der Waals surface area (Å²) < 4.78 is 56.4. The lowest BCUT2D eigenvalue weighted by Crippen LogP contribution is -2.35. The van der Waals surface area contributed by atoms with Crippen molar-refractivity contribution in [2.45, 2.75) is 19.5 Å². The zero-order valence-corrected chi connectivity index (χ0v) is 21.1. The van der Waals surface area contributed by atoms with Crippen molar-refractivity contribution in [3.05, 3.63) is 71.8 Å². The lowest BCUT2D eigenvalue weighted by molar-refractivity contribution is -0.114. The van der Waals surface area contributed by atoms with Crippen LogP contribution in [0.15, 0.2) is 70.8 Å². The summed E-state index contributed by atoms with van der Waals surface area (Å²) in [5.41, 5.74) is 1.28. The Morgan fingerprint density at radius 2 is 1.82 bits per heavy atom. The van der Waals surface area contributed by atoms with Gasteiger partial charge in [-0.3, -0.25) is 10.2 Å². The molecule has 0 saturated heterocycles. The van der Waals surface area contributed by atoms with Crippen LogP contribution >= 0.6 is 11.8 Å². The Morgan fingerprint density at radius 3 is 2.53 bits per heavy atom. The first-order valence-corrected chi connectivity index (χ1v) is 12.3. The van der Waals surface area contributed by atoms with Crippen molar-refractivity contribution in [3.63, 3.8) is 0 Å². The van der Waals surface area contributed by atoms with Crippen molar-refractivity contribution in [2.24, 2.45) is 10.1 Å². The normalized spacial score (nSPS) is 16.2. The van der Waals surface area contributed by atoms with E-state index in [9.17, 15) is 18.0 Å². The second kappa shape index (κ2) is 11.5. The number of alkyl halides is 3. The van der Waals surface area contributed by atoms with Crippen LogP contribution in [0.25, 0.3) is 6.08 Å². The molecule has 0 aromatic heterocycles. The first-order valence-electron chi connectivity index (χ1n) is 11.5. The number of benzene rings is 2.